The maximum absolute atomic E-state index is 13.2. The molecule has 0 spiro atoms. The monoisotopic (exact) mass is 417 g/mol. The van der Waals surface area contributed by atoms with E-state index >= 15 is 0 Å². The molecule has 154 valence electrons. The summed E-state index contributed by atoms with van der Waals surface area (Å²) in [5, 5.41) is 11.9. The second kappa shape index (κ2) is 6.90. The summed E-state index contributed by atoms with van der Waals surface area (Å²) in [5.41, 5.74) is -1.18. The van der Waals surface area contributed by atoms with Crippen molar-refractivity contribution in [1.82, 2.24) is 14.8 Å². The standard InChI is InChI=1S/C18H14F3N7O2/c1-9-7-13(23-15(29)10-5-3-4-6-12(10)18(19,20)21)28(26-9)17-24-14-11(16(30)25-17)8-22-27(14)2/h3-8,11H,1-2H3,(H,23,29). The Hall–Kier alpha value is -3.83. The lowest BCUT2D eigenvalue weighted by atomic mass is 10.1. The number of hydrogen-bond donors (Lipinski definition) is 1. The topological polar surface area (TPSA) is 104 Å². The van der Waals surface area contributed by atoms with Gasteiger partial charge in [-0.15, -0.1) is 0 Å². The number of aromatic nitrogens is 2. The molecule has 2 aliphatic rings. The normalized spacial score (nSPS) is 18.2. The quantitative estimate of drug-likeness (QED) is 0.809. The molecular weight excluding hydrogens is 403 g/mol. The fraction of sp³-hybridized carbons (Fsp3) is 0.222. The summed E-state index contributed by atoms with van der Waals surface area (Å²) in [7, 11) is 1.61. The molecule has 0 radical (unpaired) electrons. The largest absolute Gasteiger partial charge is 0.417 e. The molecule has 3 heterocycles. The van der Waals surface area contributed by atoms with Crippen LogP contribution < -0.4 is 5.32 Å². The van der Waals surface area contributed by atoms with Crippen LogP contribution in [0.15, 0.2) is 45.4 Å². The summed E-state index contributed by atoms with van der Waals surface area (Å²) in [6.45, 7) is 1.61. The van der Waals surface area contributed by atoms with Crippen molar-refractivity contribution in [1.29, 1.82) is 0 Å². The summed E-state index contributed by atoms with van der Waals surface area (Å²) in [6.07, 6.45) is -3.29. The highest BCUT2D eigenvalue weighted by molar-refractivity contribution is 6.24. The van der Waals surface area contributed by atoms with Crippen LogP contribution in [0.3, 0.4) is 0 Å². The average molecular weight is 417 g/mol. The maximum Gasteiger partial charge on any atom is 0.417 e. The van der Waals surface area contributed by atoms with Crippen molar-refractivity contribution in [3.63, 3.8) is 0 Å². The number of fused-ring (bicyclic) bond motifs is 1. The molecule has 30 heavy (non-hydrogen) atoms. The minimum Gasteiger partial charge on any atom is -0.306 e. The molecule has 1 atom stereocenters. The van der Waals surface area contributed by atoms with E-state index in [4.69, 9.17) is 0 Å². The van der Waals surface area contributed by atoms with Gasteiger partial charge in [-0.3, -0.25) is 14.6 Å². The zero-order chi connectivity index (χ0) is 21.6. The second-order valence-electron chi connectivity index (χ2n) is 6.57. The molecule has 0 fully saturated rings. The fourth-order valence-corrected chi connectivity index (χ4v) is 3.05. The summed E-state index contributed by atoms with van der Waals surface area (Å²) in [5.74, 6) is -1.99. The van der Waals surface area contributed by atoms with E-state index < -0.39 is 35.0 Å². The Morgan fingerprint density at radius 3 is 2.67 bits per heavy atom. The number of hydrazone groups is 1. The molecule has 0 saturated heterocycles. The number of aryl methyl sites for hydroxylation is 1. The van der Waals surface area contributed by atoms with Crippen LogP contribution in [0.1, 0.15) is 21.6 Å². The van der Waals surface area contributed by atoms with Crippen LogP contribution in [0.5, 0.6) is 0 Å². The van der Waals surface area contributed by atoms with E-state index in [0.29, 0.717) is 11.5 Å². The highest BCUT2D eigenvalue weighted by Crippen LogP contribution is 2.32. The molecule has 1 unspecified atom stereocenters. The first-order valence-corrected chi connectivity index (χ1v) is 8.68. The van der Waals surface area contributed by atoms with Gasteiger partial charge in [-0.05, 0) is 19.1 Å². The van der Waals surface area contributed by atoms with E-state index in [1.54, 1.807) is 14.0 Å². The van der Waals surface area contributed by atoms with Gasteiger partial charge in [-0.25, -0.2) is 0 Å². The van der Waals surface area contributed by atoms with Crippen molar-refractivity contribution in [2.45, 2.75) is 13.1 Å². The van der Waals surface area contributed by atoms with Crippen molar-refractivity contribution in [2.75, 3.05) is 12.4 Å². The first-order chi connectivity index (χ1) is 14.1. The van der Waals surface area contributed by atoms with E-state index in [2.05, 4.69) is 25.5 Å². The highest BCUT2D eigenvalue weighted by atomic mass is 19.4. The lowest BCUT2D eigenvalue weighted by molar-refractivity contribution is -0.137. The highest BCUT2D eigenvalue weighted by Gasteiger charge is 2.36. The van der Waals surface area contributed by atoms with E-state index in [0.717, 1.165) is 16.8 Å². The smallest absolute Gasteiger partial charge is 0.306 e. The minimum absolute atomic E-state index is 0.0189. The van der Waals surface area contributed by atoms with Crippen LogP contribution in [0.2, 0.25) is 0 Å². The number of nitrogens with zero attached hydrogens (tertiary/aromatic N) is 6. The van der Waals surface area contributed by atoms with E-state index in [-0.39, 0.29) is 11.8 Å². The van der Waals surface area contributed by atoms with Crippen LogP contribution in [0.4, 0.5) is 19.0 Å². The van der Waals surface area contributed by atoms with E-state index in [1.165, 1.54) is 29.4 Å². The average Bonchev–Trinajstić information content (AvgIpc) is 3.24. The lowest BCUT2D eigenvalue weighted by Gasteiger charge is -2.17. The summed E-state index contributed by atoms with van der Waals surface area (Å²) < 4.78 is 40.8. The molecule has 1 N–H and O–H groups in total. The van der Waals surface area contributed by atoms with Gasteiger partial charge in [0, 0.05) is 19.3 Å². The van der Waals surface area contributed by atoms with Crippen molar-refractivity contribution in [3.8, 4) is 0 Å². The Balaban J connectivity index is 1.69. The van der Waals surface area contributed by atoms with Crippen molar-refractivity contribution in [3.05, 3.63) is 47.2 Å². The van der Waals surface area contributed by atoms with Crippen LogP contribution in [0.25, 0.3) is 0 Å². The van der Waals surface area contributed by atoms with Gasteiger partial charge in [0.1, 0.15) is 17.6 Å². The predicted molar refractivity (Wildman–Crippen MR) is 101 cm³/mol. The number of aliphatic imine (C=N–C) groups is 2. The van der Waals surface area contributed by atoms with Gasteiger partial charge >= 0.3 is 6.18 Å². The molecule has 0 saturated carbocycles. The molecule has 4 rings (SSSR count). The van der Waals surface area contributed by atoms with Crippen molar-refractivity contribution in [2.24, 2.45) is 21.0 Å². The third-order valence-corrected chi connectivity index (χ3v) is 4.43. The van der Waals surface area contributed by atoms with E-state index in [1.807, 2.05) is 0 Å². The summed E-state index contributed by atoms with van der Waals surface area (Å²) in [4.78, 5) is 33.0. The molecule has 12 heteroatoms. The number of carbonyl (C=O) groups is 2. The Morgan fingerprint density at radius 2 is 1.93 bits per heavy atom. The number of hydrogen-bond acceptors (Lipinski definition) is 6. The Morgan fingerprint density at radius 1 is 1.20 bits per heavy atom. The number of alkyl halides is 3. The number of amides is 2. The van der Waals surface area contributed by atoms with Crippen molar-refractivity contribution < 1.29 is 22.8 Å². The molecule has 9 nitrogen and oxygen atoms in total. The number of carbonyl (C=O) groups excluding carboxylic acids is 2. The zero-order valence-corrected chi connectivity index (χ0v) is 15.7. The van der Waals surface area contributed by atoms with Gasteiger partial charge in [0.25, 0.3) is 17.8 Å². The number of anilines is 1. The summed E-state index contributed by atoms with van der Waals surface area (Å²) >= 11 is 0. The SMILES string of the molecule is Cc1cc(NC(=O)c2ccccc2C(F)(F)F)n(C2=NC(=O)C3C=NN(C)C3=N2)n1. The molecule has 2 aromatic rings. The molecule has 1 aromatic carbocycles. The van der Waals surface area contributed by atoms with Gasteiger partial charge in [0.05, 0.1) is 16.8 Å². The van der Waals surface area contributed by atoms with Gasteiger partial charge in [-0.1, -0.05) is 12.1 Å². The first-order valence-electron chi connectivity index (χ1n) is 8.68. The van der Waals surface area contributed by atoms with Gasteiger partial charge in [0.15, 0.2) is 0 Å². The molecule has 1 aromatic heterocycles. The van der Waals surface area contributed by atoms with Crippen LogP contribution in [-0.2, 0) is 11.0 Å². The van der Waals surface area contributed by atoms with Crippen LogP contribution in [-0.4, -0.2) is 51.7 Å². The number of benzene rings is 1. The molecule has 0 bridgehead atoms. The number of halogens is 3. The molecule has 2 aliphatic heterocycles. The lowest BCUT2D eigenvalue weighted by Crippen LogP contribution is -2.35. The first kappa shape index (κ1) is 19.5. The number of rotatable bonds is 2. The predicted octanol–water partition coefficient (Wildman–Crippen LogP) is 2.15. The molecule has 0 aliphatic carbocycles. The van der Waals surface area contributed by atoms with Gasteiger partial charge in [-0.2, -0.15) is 38.0 Å². The van der Waals surface area contributed by atoms with E-state index in [9.17, 15) is 22.8 Å². The Bertz CT molecular complexity index is 1150. The fourth-order valence-electron chi connectivity index (χ4n) is 3.05. The van der Waals surface area contributed by atoms with Gasteiger partial charge in [0.2, 0.25) is 0 Å². The second-order valence-corrected chi connectivity index (χ2v) is 6.57. The Labute approximate surface area is 167 Å². The summed E-state index contributed by atoms with van der Waals surface area (Å²) in [6, 6.07) is 5.86. The number of amidine groups is 1. The van der Waals surface area contributed by atoms with Crippen molar-refractivity contribution >= 4 is 35.6 Å². The van der Waals surface area contributed by atoms with Crippen LogP contribution in [0, 0.1) is 12.8 Å². The van der Waals surface area contributed by atoms with Crippen LogP contribution >= 0.6 is 0 Å². The molecular formula is C18H14F3N7O2. The Kier molecular flexibility index (Phi) is 4.48. The third kappa shape index (κ3) is 3.36. The number of nitrogens with one attached hydrogen (secondary N) is 1. The zero-order valence-electron chi connectivity index (χ0n) is 15.7. The minimum atomic E-state index is -4.70. The van der Waals surface area contributed by atoms with Gasteiger partial charge < -0.3 is 5.32 Å². The molecule has 2 amide bonds. The third-order valence-electron chi connectivity index (χ3n) is 4.43. The maximum atomic E-state index is 13.2.